The van der Waals surface area contributed by atoms with E-state index < -0.39 is 49.1 Å². The number of hydrogen-bond donors (Lipinski definition) is 1. The summed E-state index contributed by atoms with van der Waals surface area (Å²) in [4.78, 5) is 41.0. The van der Waals surface area contributed by atoms with Gasteiger partial charge in [-0.25, -0.2) is 4.98 Å². The summed E-state index contributed by atoms with van der Waals surface area (Å²) in [5, 5.41) is 2.73. The number of amides is 2. The fourth-order valence-corrected chi connectivity index (χ4v) is 8.00. The van der Waals surface area contributed by atoms with Crippen molar-refractivity contribution in [1.82, 2.24) is 25.2 Å². The van der Waals surface area contributed by atoms with E-state index in [9.17, 15) is 35.9 Å². The van der Waals surface area contributed by atoms with Crippen LogP contribution in [-0.2, 0) is 12.4 Å². The van der Waals surface area contributed by atoms with Crippen LogP contribution in [0.5, 0.6) is 0 Å². The molecule has 15 heteroatoms. The average molecular weight is 602 g/mol. The molecule has 3 heterocycles. The molecule has 1 unspecified atom stereocenters. The van der Waals surface area contributed by atoms with Gasteiger partial charge in [-0.3, -0.25) is 19.6 Å². The Balaban J connectivity index is 1.58. The second-order valence-electron chi connectivity index (χ2n) is 10.3. The normalized spacial score (nSPS) is 16.5. The van der Waals surface area contributed by atoms with Crippen molar-refractivity contribution in [2.24, 2.45) is 0 Å². The molecular formula is C25H25F6N5O2SSi. The average Bonchev–Trinajstić information content (AvgIpc) is 3.36. The van der Waals surface area contributed by atoms with Crippen molar-refractivity contribution in [3.8, 4) is 10.7 Å². The van der Waals surface area contributed by atoms with Gasteiger partial charge in [0.05, 0.1) is 37.1 Å². The van der Waals surface area contributed by atoms with Crippen LogP contribution in [0.4, 0.5) is 26.3 Å². The first-order valence-corrected chi connectivity index (χ1v) is 16.4. The first-order chi connectivity index (χ1) is 18.5. The minimum absolute atomic E-state index is 0.0462. The summed E-state index contributed by atoms with van der Waals surface area (Å²) >= 11 is 1.09. The molecule has 1 N–H and O–H groups in total. The molecule has 1 aromatic carbocycles. The Labute approximate surface area is 230 Å². The number of thiazole rings is 1. The molecule has 0 saturated carbocycles. The molecule has 40 heavy (non-hydrogen) atoms. The lowest BCUT2D eigenvalue weighted by Crippen LogP contribution is -2.49. The van der Waals surface area contributed by atoms with Gasteiger partial charge in [0.25, 0.3) is 11.8 Å². The summed E-state index contributed by atoms with van der Waals surface area (Å²) in [7, 11) is -1.50. The molecule has 0 bridgehead atoms. The smallest absolute Gasteiger partial charge is 0.344 e. The molecule has 3 aromatic rings. The Bertz CT molecular complexity index is 1390. The number of benzene rings is 1. The zero-order valence-corrected chi connectivity index (χ0v) is 23.5. The molecule has 0 spiro atoms. The fraction of sp³-hybridized carbons (Fsp3) is 0.400. The van der Waals surface area contributed by atoms with Crippen molar-refractivity contribution >= 4 is 31.2 Å². The van der Waals surface area contributed by atoms with Crippen molar-refractivity contribution in [2.75, 3.05) is 12.7 Å². The van der Waals surface area contributed by atoms with Crippen LogP contribution < -0.4 is 5.32 Å². The third-order valence-electron chi connectivity index (χ3n) is 6.44. The molecule has 1 aliphatic heterocycles. The molecule has 1 saturated heterocycles. The molecule has 0 aliphatic carbocycles. The Kier molecular flexibility index (Phi) is 8.09. The molecule has 1 atom stereocenters. The predicted molar refractivity (Wildman–Crippen MR) is 138 cm³/mol. The van der Waals surface area contributed by atoms with Crippen molar-refractivity contribution in [1.29, 1.82) is 0 Å². The van der Waals surface area contributed by atoms with Gasteiger partial charge >= 0.3 is 12.4 Å². The second-order valence-corrected chi connectivity index (χ2v) is 16.5. The van der Waals surface area contributed by atoms with Crippen LogP contribution >= 0.6 is 11.3 Å². The number of rotatable bonds is 5. The van der Waals surface area contributed by atoms with Gasteiger partial charge in [-0.15, -0.1) is 11.3 Å². The lowest BCUT2D eigenvalue weighted by molar-refractivity contribution is -0.143. The topological polar surface area (TPSA) is 88.1 Å². The van der Waals surface area contributed by atoms with Crippen LogP contribution in [0.2, 0.25) is 19.1 Å². The quantitative estimate of drug-likeness (QED) is 0.277. The summed E-state index contributed by atoms with van der Waals surface area (Å²) in [5.74, 6) is -1.30. The summed E-state index contributed by atoms with van der Waals surface area (Å²) in [5.41, 5.74) is -3.60. The highest BCUT2D eigenvalue weighted by atomic mass is 32.1. The number of halogens is 6. The van der Waals surface area contributed by atoms with E-state index in [4.69, 9.17) is 0 Å². The van der Waals surface area contributed by atoms with Gasteiger partial charge in [-0.2, -0.15) is 26.3 Å². The second kappa shape index (κ2) is 10.9. The zero-order chi connectivity index (χ0) is 29.5. The maximum absolute atomic E-state index is 13.2. The van der Waals surface area contributed by atoms with E-state index in [-0.39, 0.29) is 23.4 Å². The van der Waals surface area contributed by atoms with E-state index in [1.165, 1.54) is 25.5 Å². The Morgan fingerprint density at radius 2 is 1.62 bits per heavy atom. The number of alkyl halides is 6. The molecule has 2 aromatic heterocycles. The van der Waals surface area contributed by atoms with Crippen LogP contribution in [0, 0.1) is 0 Å². The molecular weight excluding hydrogens is 576 g/mol. The molecule has 4 rings (SSSR count). The Morgan fingerprint density at radius 3 is 2.23 bits per heavy atom. The number of hydrogen-bond acceptors (Lipinski definition) is 6. The van der Waals surface area contributed by atoms with E-state index in [1.807, 2.05) is 4.90 Å². The molecule has 1 aliphatic rings. The standard InChI is InChI=1S/C25H25F6N5O2SSi/c1-14(35-21(37)15-9-16(24(26,27)28)11-17(10-15)25(29,30)31)19-20(33-6-5-32-19)22-34-12-18(39-22)23(38)36-7-4-8-40(2,3)13-36/h5-6,9-12,14H,4,7-8,13H2,1-3H3,(H,35,37). The van der Waals surface area contributed by atoms with Crippen molar-refractivity contribution in [3.63, 3.8) is 0 Å². The molecule has 1 fully saturated rings. The van der Waals surface area contributed by atoms with E-state index in [2.05, 4.69) is 33.4 Å². The predicted octanol–water partition coefficient (Wildman–Crippen LogP) is 6.22. The van der Waals surface area contributed by atoms with Gasteiger partial charge in [0, 0.05) is 30.7 Å². The van der Waals surface area contributed by atoms with Gasteiger partial charge in [0.2, 0.25) is 0 Å². The van der Waals surface area contributed by atoms with Gasteiger partial charge in [-0.05, 0) is 31.5 Å². The minimum Gasteiger partial charge on any atom is -0.344 e. The largest absolute Gasteiger partial charge is 0.416 e. The highest BCUT2D eigenvalue weighted by Gasteiger charge is 2.38. The van der Waals surface area contributed by atoms with E-state index in [0.717, 1.165) is 30.0 Å². The Morgan fingerprint density at radius 1 is 1.00 bits per heavy atom. The van der Waals surface area contributed by atoms with Gasteiger partial charge in [-0.1, -0.05) is 19.1 Å². The lowest BCUT2D eigenvalue weighted by Gasteiger charge is -2.36. The SMILES string of the molecule is CC(NC(=O)c1cc(C(F)(F)F)cc(C(F)(F)F)c1)c1nccnc1-c1ncc(C(=O)N2CCC[Si](C)(C)C2)s1. The van der Waals surface area contributed by atoms with Gasteiger partial charge < -0.3 is 10.2 Å². The van der Waals surface area contributed by atoms with E-state index >= 15 is 0 Å². The van der Waals surface area contributed by atoms with Gasteiger partial charge in [0.15, 0.2) is 0 Å². The summed E-state index contributed by atoms with van der Waals surface area (Å²) in [6, 6.07) is 0.846. The molecule has 214 valence electrons. The fourth-order valence-electron chi connectivity index (χ4n) is 4.50. The van der Waals surface area contributed by atoms with Crippen LogP contribution in [0.1, 0.15) is 56.2 Å². The first-order valence-electron chi connectivity index (χ1n) is 12.2. The number of carbonyl (C=O) groups excluding carboxylic acids is 2. The number of aromatic nitrogens is 3. The highest BCUT2D eigenvalue weighted by molar-refractivity contribution is 7.16. The zero-order valence-electron chi connectivity index (χ0n) is 21.7. The molecule has 0 radical (unpaired) electrons. The monoisotopic (exact) mass is 601 g/mol. The van der Waals surface area contributed by atoms with E-state index in [1.54, 1.807) is 0 Å². The van der Waals surface area contributed by atoms with Crippen LogP contribution in [0.3, 0.4) is 0 Å². The molecule has 2 amide bonds. The minimum atomic E-state index is -5.09. The van der Waals surface area contributed by atoms with Crippen LogP contribution in [0.25, 0.3) is 10.7 Å². The molecule has 7 nitrogen and oxygen atoms in total. The highest BCUT2D eigenvalue weighted by Crippen LogP contribution is 2.37. The third-order valence-corrected chi connectivity index (χ3v) is 10.4. The van der Waals surface area contributed by atoms with Gasteiger partial charge in [0.1, 0.15) is 15.6 Å². The number of nitrogens with zero attached hydrogens (tertiary/aromatic N) is 4. The number of nitrogens with one attached hydrogen (secondary N) is 1. The van der Waals surface area contributed by atoms with Crippen molar-refractivity contribution in [3.05, 3.63) is 64.1 Å². The lowest BCUT2D eigenvalue weighted by atomic mass is 10.0. The Hall–Kier alpha value is -3.33. The van der Waals surface area contributed by atoms with Crippen LogP contribution in [0.15, 0.2) is 36.8 Å². The summed E-state index contributed by atoms with van der Waals surface area (Å²) in [6.45, 7) is 6.59. The van der Waals surface area contributed by atoms with E-state index in [0.29, 0.717) is 28.6 Å². The third kappa shape index (κ3) is 6.69. The van der Waals surface area contributed by atoms with Crippen molar-refractivity contribution < 1.29 is 35.9 Å². The summed E-state index contributed by atoms with van der Waals surface area (Å²) in [6.07, 6.45) is -4.36. The van der Waals surface area contributed by atoms with Crippen molar-refractivity contribution in [2.45, 2.75) is 50.9 Å². The number of carbonyl (C=O) groups is 2. The summed E-state index contributed by atoms with van der Waals surface area (Å²) < 4.78 is 79.4. The first kappa shape index (κ1) is 29.6. The van der Waals surface area contributed by atoms with Crippen LogP contribution in [-0.4, -0.2) is 52.5 Å². The maximum Gasteiger partial charge on any atom is 0.416 e. The maximum atomic E-state index is 13.2.